The van der Waals surface area contributed by atoms with Crippen LogP contribution in [0.2, 0.25) is 0 Å². The van der Waals surface area contributed by atoms with Gasteiger partial charge in [-0.15, -0.1) is 0 Å². The summed E-state index contributed by atoms with van der Waals surface area (Å²) in [5.74, 6) is -0.597. The van der Waals surface area contributed by atoms with Crippen molar-refractivity contribution in [3.05, 3.63) is 17.5 Å². The van der Waals surface area contributed by atoms with Crippen molar-refractivity contribution in [1.82, 2.24) is 15.5 Å². The van der Waals surface area contributed by atoms with Crippen molar-refractivity contribution in [3.8, 4) is 0 Å². The number of carboxylic acids is 1. The van der Waals surface area contributed by atoms with Crippen molar-refractivity contribution < 1.29 is 9.90 Å². The highest BCUT2D eigenvalue weighted by Crippen LogP contribution is 2.21. The number of hydrogen-bond donors (Lipinski definition) is 3. The van der Waals surface area contributed by atoms with Crippen LogP contribution in [0.3, 0.4) is 0 Å². The molecule has 3 N–H and O–H groups in total. The zero-order valence-corrected chi connectivity index (χ0v) is 7.79. The average Bonchev–Trinajstić information content (AvgIpc) is 2.68. The Hall–Kier alpha value is -1.36. The maximum absolute atomic E-state index is 10.6. The Kier molecular flexibility index (Phi) is 2.49. The van der Waals surface area contributed by atoms with E-state index in [0.29, 0.717) is 5.92 Å². The molecule has 0 radical (unpaired) electrons. The lowest BCUT2D eigenvalue weighted by atomic mass is 9.96. The number of aromatic nitrogens is 2. The van der Waals surface area contributed by atoms with Gasteiger partial charge in [0.15, 0.2) is 5.69 Å². The quantitative estimate of drug-likeness (QED) is 0.645. The van der Waals surface area contributed by atoms with Crippen molar-refractivity contribution in [2.24, 2.45) is 0 Å². The van der Waals surface area contributed by atoms with Crippen LogP contribution < -0.4 is 5.32 Å². The third-order valence-corrected chi connectivity index (χ3v) is 2.55. The van der Waals surface area contributed by atoms with Gasteiger partial charge in [0.1, 0.15) is 0 Å². The van der Waals surface area contributed by atoms with Gasteiger partial charge >= 0.3 is 5.97 Å². The molecule has 76 valence electrons. The molecule has 0 spiro atoms. The summed E-state index contributed by atoms with van der Waals surface area (Å²) < 4.78 is 0. The van der Waals surface area contributed by atoms with Crippen molar-refractivity contribution >= 4 is 5.97 Å². The van der Waals surface area contributed by atoms with E-state index in [1.165, 1.54) is 0 Å². The molecule has 2 rings (SSSR count). The molecule has 0 aromatic carbocycles. The lowest BCUT2D eigenvalue weighted by Gasteiger charge is -2.20. The number of carboxylic acid groups (broad SMARTS) is 1. The number of carbonyl (C=O) groups is 1. The van der Waals surface area contributed by atoms with Crippen molar-refractivity contribution in [2.75, 3.05) is 13.1 Å². The summed E-state index contributed by atoms with van der Waals surface area (Å²) in [5.41, 5.74) is 1.03. The van der Waals surface area contributed by atoms with Gasteiger partial charge < -0.3 is 10.4 Å². The zero-order chi connectivity index (χ0) is 9.97. The van der Waals surface area contributed by atoms with Crippen LogP contribution in [-0.4, -0.2) is 34.4 Å². The molecule has 1 aliphatic heterocycles. The highest BCUT2D eigenvalue weighted by molar-refractivity contribution is 5.85. The van der Waals surface area contributed by atoms with Crippen LogP contribution in [0.1, 0.15) is 34.9 Å². The summed E-state index contributed by atoms with van der Waals surface area (Å²) in [5, 5.41) is 18.5. The monoisotopic (exact) mass is 195 g/mol. The van der Waals surface area contributed by atoms with Crippen LogP contribution >= 0.6 is 0 Å². The largest absolute Gasteiger partial charge is 0.476 e. The molecule has 2 heterocycles. The van der Waals surface area contributed by atoms with E-state index >= 15 is 0 Å². The molecular weight excluding hydrogens is 182 g/mol. The van der Waals surface area contributed by atoms with Crippen molar-refractivity contribution in [2.45, 2.75) is 18.8 Å². The van der Waals surface area contributed by atoms with Gasteiger partial charge in [-0.05, 0) is 25.5 Å². The Labute approximate surface area is 81.5 Å². The van der Waals surface area contributed by atoms with E-state index in [9.17, 15) is 4.79 Å². The number of hydrogen-bond acceptors (Lipinski definition) is 3. The second-order valence-corrected chi connectivity index (χ2v) is 3.56. The lowest BCUT2D eigenvalue weighted by Crippen LogP contribution is -2.28. The Morgan fingerprint density at radius 2 is 2.50 bits per heavy atom. The molecule has 0 bridgehead atoms. The molecule has 0 unspecified atom stereocenters. The summed E-state index contributed by atoms with van der Waals surface area (Å²) in [6, 6.07) is 1.62. The van der Waals surface area contributed by atoms with Crippen LogP contribution in [-0.2, 0) is 0 Å². The third-order valence-electron chi connectivity index (χ3n) is 2.55. The summed E-state index contributed by atoms with van der Waals surface area (Å²) in [6.45, 7) is 1.96. The van der Waals surface area contributed by atoms with Crippen LogP contribution in [0.4, 0.5) is 0 Å². The molecule has 0 saturated carbocycles. The molecule has 14 heavy (non-hydrogen) atoms. The second-order valence-electron chi connectivity index (χ2n) is 3.56. The SMILES string of the molecule is O=C(O)c1cc([C@H]2CCCNC2)[nH]n1. The standard InChI is InChI=1S/C9H13N3O2/c13-9(14)8-4-7(11-12-8)6-2-1-3-10-5-6/h4,6,10H,1-3,5H2,(H,11,12)(H,13,14)/t6-/m0/s1. The smallest absolute Gasteiger partial charge is 0.356 e. The summed E-state index contributed by atoms with van der Waals surface area (Å²) in [4.78, 5) is 10.6. The first-order chi connectivity index (χ1) is 6.77. The zero-order valence-electron chi connectivity index (χ0n) is 7.79. The fourth-order valence-electron chi connectivity index (χ4n) is 1.77. The van der Waals surface area contributed by atoms with Crippen LogP contribution in [0, 0.1) is 0 Å². The number of aromatic amines is 1. The maximum Gasteiger partial charge on any atom is 0.356 e. The number of rotatable bonds is 2. The van der Waals surface area contributed by atoms with Gasteiger partial charge in [-0.1, -0.05) is 0 Å². The molecule has 1 atom stereocenters. The fraction of sp³-hybridized carbons (Fsp3) is 0.556. The molecule has 5 heteroatoms. The number of aromatic carboxylic acids is 1. The molecular formula is C9H13N3O2. The average molecular weight is 195 g/mol. The third kappa shape index (κ3) is 1.77. The van der Waals surface area contributed by atoms with E-state index in [0.717, 1.165) is 31.6 Å². The molecule has 0 amide bonds. The van der Waals surface area contributed by atoms with Gasteiger partial charge in [-0.25, -0.2) is 4.79 Å². The molecule has 0 aliphatic carbocycles. The van der Waals surface area contributed by atoms with E-state index < -0.39 is 5.97 Å². The molecule has 1 fully saturated rings. The van der Waals surface area contributed by atoms with Gasteiger partial charge in [0.2, 0.25) is 0 Å². The predicted molar refractivity (Wildman–Crippen MR) is 50.4 cm³/mol. The van der Waals surface area contributed by atoms with Crippen LogP contribution in [0.15, 0.2) is 6.07 Å². The first kappa shape index (κ1) is 9.21. The second kappa shape index (κ2) is 3.79. The maximum atomic E-state index is 10.6. The Balaban J connectivity index is 2.11. The van der Waals surface area contributed by atoms with E-state index in [2.05, 4.69) is 15.5 Å². The van der Waals surface area contributed by atoms with Gasteiger partial charge in [-0.2, -0.15) is 5.10 Å². The van der Waals surface area contributed by atoms with E-state index in [1.54, 1.807) is 6.07 Å². The van der Waals surface area contributed by atoms with Crippen molar-refractivity contribution in [1.29, 1.82) is 0 Å². The molecule has 1 aliphatic rings. The van der Waals surface area contributed by atoms with Gasteiger partial charge in [0.25, 0.3) is 0 Å². The minimum Gasteiger partial charge on any atom is -0.476 e. The number of nitrogens with one attached hydrogen (secondary N) is 2. The van der Waals surface area contributed by atoms with Gasteiger partial charge in [0, 0.05) is 18.2 Å². The molecule has 1 aromatic rings. The summed E-state index contributed by atoms with van der Waals surface area (Å²) in [7, 11) is 0. The minimum absolute atomic E-state index is 0.102. The van der Waals surface area contributed by atoms with E-state index in [4.69, 9.17) is 5.11 Å². The molecule has 5 nitrogen and oxygen atoms in total. The normalized spacial score (nSPS) is 22.1. The summed E-state index contributed by atoms with van der Waals surface area (Å²) in [6.07, 6.45) is 2.22. The number of piperidine rings is 1. The van der Waals surface area contributed by atoms with E-state index in [1.807, 2.05) is 0 Å². The lowest BCUT2D eigenvalue weighted by molar-refractivity contribution is 0.0690. The Morgan fingerprint density at radius 1 is 1.64 bits per heavy atom. The number of nitrogens with zero attached hydrogens (tertiary/aromatic N) is 1. The number of H-pyrrole nitrogens is 1. The topological polar surface area (TPSA) is 78.0 Å². The van der Waals surface area contributed by atoms with Gasteiger partial charge in [-0.3, -0.25) is 5.10 Å². The Bertz CT molecular complexity index is 329. The fourth-order valence-corrected chi connectivity index (χ4v) is 1.77. The first-order valence-corrected chi connectivity index (χ1v) is 4.76. The highest BCUT2D eigenvalue weighted by atomic mass is 16.4. The van der Waals surface area contributed by atoms with Crippen molar-refractivity contribution in [3.63, 3.8) is 0 Å². The molecule has 1 saturated heterocycles. The van der Waals surface area contributed by atoms with Gasteiger partial charge in [0.05, 0.1) is 0 Å². The summed E-state index contributed by atoms with van der Waals surface area (Å²) >= 11 is 0. The minimum atomic E-state index is -0.976. The Morgan fingerprint density at radius 3 is 3.07 bits per heavy atom. The van der Waals surface area contributed by atoms with E-state index in [-0.39, 0.29) is 5.69 Å². The first-order valence-electron chi connectivity index (χ1n) is 4.76. The molecule has 1 aromatic heterocycles. The predicted octanol–water partition coefficient (Wildman–Crippen LogP) is 0.575. The van der Waals surface area contributed by atoms with Crippen LogP contribution in [0.5, 0.6) is 0 Å². The highest BCUT2D eigenvalue weighted by Gasteiger charge is 2.18. The van der Waals surface area contributed by atoms with Crippen LogP contribution in [0.25, 0.3) is 0 Å².